The van der Waals surface area contributed by atoms with Crippen molar-refractivity contribution in [2.75, 3.05) is 26.8 Å². The molecule has 5 heteroatoms. The van der Waals surface area contributed by atoms with Gasteiger partial charge in [0.05, 0.1) is 6.20 Å². The largest absolute Gasteiger partial charge is 0.503 e. The number of methoxy groups -OCH3 is 1. The Morgan fingerprint density at radius 3 is 2.63 bits per heavy atom. The highest BCUT2D eigenvalue weighted by Gasteiger charge is 2.09. The van der Waals surface area contributed by atoms with Crippen LogP contribution in [0, 0.1) is 0 Å². The van der Waals surface area contributed by atoms with E-state index in [-0.39, 0.29) is 11.2 Å². The van der Waals surface area contributed by atoms with Crippen LogP contribution in [0.3, 0.4) is 0 Å². The lowest BCUT2D eigenvalue weighted by atomic mass is 10.2. The predicted octanol–water partition coefficient (Wildman–Crippen LogP) is 1.43. The van der Waals surface area contributed by atoms with Gasteiger partial charge in [-0.05, 0) is 19.5 Å². The van der Waals surface area contributed by atoms with Gasteiger partial charge in [-0.15, -0.1) is 0 Å². The van der Waals surface area contributed by atoms with Crippen LogP contribution in [0.4, 0.5) is 0 Å². The minimum absolute atomic E-state index is 0.194. The summed E-state index contributed by atoms with van der Waals surface area (Å²) in [4.78, 5) is 13.8. The molecule has 0 unspecified atom stereocenters. The van der Waals surface area contributed by atoms with Crippen molar-refractivity contribution in [3.8, 4) is 5.75 Å². The molecular weight excluding hydrogens is 244 g/mol. The molecule has 0 atom stereocenters. The van der Waals surface area contributed by atoms with Crippen LogP contribution in [0.15, 0.2) is 17.1 Å². The lowest BCUT2D eigenvalue weighted by Gasteiger charge is -2.21. The van der Waals surface area contributed by atoms with Crippen molar-refractivity contribution >= 4 is 0 Å². The molecule has 1 heterocycles. The Kier molecular flexibility index (Phi) is 6.59. The topological polar surface area (TPSA) is 54.7 Å². The third-order valence-corrected chi connectivity index (χ3v) is 3.22. The van der Waals surface area contributed by atoms with Gasteiger partial charge in [0.15, 0.2) is 5.75 Å². The summed E-state index contributed by atoms with van der Waals surface area (Å²) in [5.74, 6) is -0.194. The fraction of sp³-hybridized carbons (Fsp3) is 0.643. The summed E-state index contributed by atoms with van der Waals surface area (Å²) in [5, 5.41) is 9.55. The SMILES string of the molecule is CCN(CC)Cc1cc(=O)c(O)cn1CCCOC. The molecule has 0 aromatic carbocycles. The molecule has 0 aliphatic carbocycles. The lowest BCUT2D eigenvalue weighted by molar-refractivity contribution is 0.189. The Bertz CT molecular complexity index is 439. The molecule has 108 valence electrons. The number of hydrogen-bond acceptors (Lipinski definition) is 4. The fourth-order valence-corrected chi connectivity index (χ4v) is 2.00. The quantitative estimate of drug-likeness (QED) is 0.725. The summed E-state index contributed by atoms with van der Waals surface area (Å²) in [6.45, 7) is 8.17. The van der Waals surface area contributed by atoms with Crippen LogP contribution in [-0.4, -0.2) is 41.4 Å². The van der Waals surface area contributed by atoms with Gasteiger partial charge in [-0.3, -0.25) is 9.69 Å². The molecule has 19 heavy (non-hydrogen) atoms. The molecule has 1 N–H and O–H groups in total. The molecule has 0 radical (unpaired) electrons. The van der Waals surface area contributed by atoms with Gasteiger partial charge in [0, 0.05) is 38.6 Å². The van der Waals surface area contributed by atoms with Crippen molar-refractivity contribution in [1.82, 2.24) is 9.47 Å². The standard InChI is InChI=1S/C14H24N2O3/c1-4-15(5-2)10-12-9-13(17)14(18)11-16(12)7-6-8-19-3/h9,11,18H,4-8,10H2,1-3H3. The van der Waals surface area contributed by atoms with Crippen LogP contribution in [0.2, 0.25) is 0 Å². The van der Waals surface area contributed by atoms with E-state index in [0.29, 0.717) is 6.61 Å². The van der Waals surface area contributed by atoms with Gasteiger partial charge in [-0.1, -0.05) is 13.8 Å². The van der Waals surface area contributed by atoms with E-state index in [0.717, 1.165) is 38.3 Å². The summed E-state index contributed by atoms with van der Waals surface area (Å²) in [6, 6.07) is 1.53. The van der Waals surface area contributed by atoms with E-state index in [1.54, 1.807) is 7.11 Å². The Balaban J connectivity index is 2.92. The molecule has 0 aliphatic heterocycles. The van der Waals surface area contributed by atoms with Crippen molar-refractivity contribution in [3.63, 3.8) is 0 Å². The van der Waals surface area contributed by atoms with E-state index >= 15 is 0 Å². The molecule has 5 nitrogen and oxygen atoms in total. The first kappa shape index (κ1) is 15.7. The van der Waals surface area contributed by atoms with Crippen molar-refractivity contribution in [2.24, 2.45) is 0 Å². The van der Waals surface area contributed by atoms with Crippen molar-refractivity contribution in [2.45, 2.75) is 33.4 Å². The first-order valence-corrected chi connectivity index (χ1v) is 6.76. The van der Waals surface area contributed by atoms with Crippen molar-refractivity contribution in [3.05, 3.63) is 28.2 Å². The van der Waals surface area contributed by atoms with Gasteiger partial charge in [-0.2, -0.15) is 0 Å². The number of aryl methyl sites for hydroxylation is 1. The maximum atomic E-state index is 11.6. The van der Waals surface area contributed by atoms with Crippen LogP contribution >= 0.6 is 0 Å². The Morgan fingerprint density at radius 1 is 1.37 bits per heavy atom. The van der Waals surface area contributed by atoms with Crippen LogP contribution in [0.5, 0.6) is 5.75 Å². The zero-order valence-corrected chi connectivity index (χ0v) is 12.1. The molecule has 1 aromatic heterocycles. The minimum atomic E-state index is -0.315. The average Bonchev–Trinajstić information content (AvgIpc) is 2.41. The average molecular weight is 268 g/mol. The van der Waals surface area contributed by atoms with Crippen LogP contribution in [-0.2, 0) is 17.8 Å². The van der Waals surface area contributed by atoms with E-state index in [1.807, 2.05) is 4.57 Å². The summed E-state index contributed by atoms with van der Waals surface area (Å²) in [6.07, 6.45) is 2.38. The zero-order chi connectivity index (χ0) is 14.3. The Hall–Kier alpha value is -1.33. The molecule has 1 aromatic rings. The highest BCUT2D eigenvalue weighted by Crippen LogP contribution is 2.09. The summed E-state index contributed by atoms with van der Waals surface area (Å²) in [5.41, 5.74) is 0.618. The van der Waals surface area contributed by atoms with E-state index in [9.17, 15) is 9.90 Å². The molecule has 0 bridgehead atoms. The third-order valence-electron chi connectivity index (χ3n) is 3.22. The monoisotopic (exact) mass is 268 g/mol. The van der Waals surface area contributed by atoms with Gasteiger partial charge >= 0.3 is 0 Å². The number of aromatic nitrogens is 1. The van der Waals surface area contributed by atoms with Gasteiger partial charge < -0.3 is 14.4 Å². The Morgan fingerprint density at radius 2 is 2.05 bits per heavy atom. The van der Waals surface area contributed by atoms with Gasteiger partial charge in [0.2, 0.25) is 5.43 Å². The van der Waals surface area contributed by atoms with Gasteiger partial charge in [0.25, 0.3) is 0 Å². The molecule has 1 rings (SSSR count). The van der Waals surface area contributed by atoms with Gasteiger partial charge in [-0.25, -0.2) is 0 Å². The van der Waals surface area contributed by atoms with E-state index in [4.69, 9.17) is 4.74 Å². The second kappa shape index (κ2) is 7.96. The summed E-state index contributed by atoms with van der Waals surface area (Å²) in [7, 11) is 1.67. The maximum absolute atomic E-state index is 11.6. The van der Waals surface area contributed by atoms with Crippen LogP contribution in [0.25, 0.3) is 0 Å². The summed E-state index contributed by atoms with van der Waals surface area (Å²) < 4.78 is 6.97. The molecule has 0 saturated carbocycles. The number of rotatable bonds is 8. The maximum Gasteiger partial charge on any atom is 0.223 e. The smallest absolute Gasteiger partial charge is 0.223 e. The van der Waals surface area contributed by atoms with Crippen molar-refractivity contribution in [1.29, 1.82) is 0 Å². The Labute approximate surface area is 114 Å². The number of pyridine rings is 1. The fourth-order valence-electron chi connectivity index (χ4n) is 2.00. The molecule has 0 amide bonds. The third kappa shape index (κ3) is 4.69. The van der Waals surface area contributed by atoms with Crippen molar-refractivity contribution < 1.29 is 9.84 Å². The highest BCUT2D eigenvalue weighted by atomic mass is 16.5. The van der Waals surface area contributed by atoms with Crippen LogP contribution in [0.1, 0.15) is 26.0 Å². The molecule has 0 spiro atoms. The van der Waals surface area contributed by atoms with Crippen LogP contribution < -0.4 is 5.43 Å². The summed E-state index contributed by atoms with van der Waals surface area (Å²) >= 11 is 0. The number of hydrogen-bond donors (Lipinski definition) is 1. The lowest BCUT2D eigenvalue weighted by Crippen LogP contribution is -2.26. The predicted molar refractivity (Wildman–Crippen MR) is 75.5 cm³/mol. The number of ether oxygens (including phenoxy) is 1. The van der Waals surface area contributed by atoms with E-state index < -0.39 is 0 Å². The molecule has 0 saturated heterocycles. The molecule has 0 aliphatic rings. The first-order chi connectivity index (χ1) is 9.12. The second-order valence-electron chi connectivity index (χ2n) is 4.52. The number of aromatic hydroxyl groups is 1. The normalized spacial score (nSPS) is 11.2. The highest BCUT2D eigenvalue weighted by molar-refractivity contribution is 5.20. The zero-order valence-electron chi connectivity index (χ0n) is 12.1. The van der Waals surface area contributed by atoms with Gasteiger partial charge in [0.1, 0.15) is 0 Å². The van der Waals surface area contributed by atoms with E-state index in [2.05, 4.69) is 18.7 Å². The van der Waals surface area contributed by atoms with E-state index in [1.165, 1.54) is 12.3 Å². The first-order valence-electron chi connectivity index (χ1n) is 6.76. The molecule has 0 fully saturated rings. The minimum Gasteiger partial charge on any atom is -0.503 e. The second-order valence-corrected chi connectivity index (χ2v) is 4.52. The molecular formula is C14H24N2O3. The number of nitrogens with zero attached hydrogens (tertiary/aromatic N) is 2.